The van der Waals surface area contributed by atoms with E-state index in [0.717, 1.165) is 18.3 Å². The molecule has 0 aliphatic rings. The van der Waals surface area contributed by atoms with Gasteiger partial charge in [0.2, 0.25) is 0 Å². The molecule has 0 spiro atoms. The predicted octanol–water partition coefficient (Wildman–Crippen LogP) is -1.62. The fraction of sp³-hybridized carbons (Fsp3) is 0.600. The topological polar surface area (TPSA) is 0 Å². The molecule has 0 aliphatic heterocycles. The maximum absolute atomic E-state index is 3.23. The summed E-state index contributed by atoms with van der Waals surface area (Å²) in [5, 5.41) is 0. The van der Waals surface area contributed by atoms with Crippen molar-refractivity contribution in [1.82, 2.24) is 0 Å². The first-order valence-electron chi connectivity index (χ1n) is 2.35. The Kier molecular flexibility index (Phi) is 6.54. The third-order valence-electron chi connectivity index (χ3n) is 0.463. The van der Waals surface area contributed by atoms with E-state index < -0.39 is 8.07 Å². The molecule has 0 aromatic heterocycles. The molecule has 0 nitrogen and oxygen atoms in total. The van der Waals surface area contributed by atoms with Crippen LogP contribution in [0.3, 0.4) is 0 Å². The third-order valence-corrected chi connectivity index (χ3v) is 2.50. The molecule has 0 aliphatic carbocycles. The molecular formula is C5H9ClSiZn. The quantitative estimate of drug-likeness (QED) is 0.324. The van der Waals surface area contributed by atoms with Crippen LogP contribution < -0.4 is 12.4 Å². The van der Waals surface area contributed by atoms with Crippen LogP contribution in [-0.2, 0) is 18.3 Å². The molecule has 3 heteroatoms. The minimum absolute atomic E-state index is 0. The molecule has 0 saturated carbocycles. The van der Waals surface area contributed by atoms with E-state index in [-0.39, 0.29) is 12.4 Å². The molecule has 0 amide bonds. The SMILES string of the molecule is C[Si](C)(C)C#[C][Zn+].[Cl-]. The summed E-state index contributed by atoms with van der Waals surface area (Å²) < 4.78 is 3.04. The van der Waals surface area contributed by atoms with Crippen LogP contribution in [0.5, 0.6) is 0 Å². The van der Waals surface area contributed by atoms with E-state index in [0.29, 0.717) is 0 Å². The second kappa shape index (κ2) is 4.56. The minimum atomic E-state index is -0.987. The van der Waals surface area contributed by atoms with Crippen LogP contribution in [0.1, 0.15) is 0 Å². The van der Waals surface area contributed by atoms with Crippen molar-refractivity contribution in [2.45, 2.75) is 19.6 Å². The van der Waals surface area contributed by atoms with E-state index in [4.69, 9.17) is 0 Å². The van der Waals surface area contributed by atoms with Crippen LogP contribution in [0.15, 0.2) is 0 Å². The second-order valence-electron chi connectivity index (χ2n) is 2.55. The zero-order chi connectivity index (χ0) is 5.91. The van der Waals surface area contributed by atoms with Crippen molar-refractivity contribution in [3.63, 3.8) is 0 Å². The van der Waals surface area contributed by atoms with Gasteiger partial charge in [-0.15, -0.1) is 0 Å². The van der Waals surface area contributed by atoms with Gasteiger partial charge in [0.25, 0.3) is 0 Å². The Labute approximate surface area is 68.5 Å². The maximum Gasteiger partial charge on any atom is -1.00 e. The zero-order valence-electron chi connectivity index (χ0n) is 5.59. The van der Waals surface area contributed by atoms with Crippen LogP contribution in [0.25, 0.3) is 0 Å². The fourth-order valence-electron chi connectivity index (χ4n) is 0.265. The summed E-state index contributed by atoms with van der Waals surface area (Å²) in [7, 11) is -0.987. The first kappa shape index (κ1) is 11.5. The Morgan fingerprint density at radius 3 is 1.62 bits per heavy atom. The molecule has 0 unspecified atom stereocenters. The Balaban J connectivity index is 0. The van der Waals surface area contributed by atoms with Gasteiger partial charge in [-0.1, -0.05) is 0 Å². The molecule has 42 valence electrons. The third kappa shape index (κ3) is 9.85. The van der Waals surface area contributed by atoms with E-state index in [9.17, 15) is 0 Å². The molecule has 0 bridgehead atoms. The summed E-state index contributed by atoms with van der Waals surface area (Å²) in [6.07, 6.45) is 0. The van der Waals surface area contributed by atoms with Gasteiger partial charge in [0.1, 0.15) is 0 Å². The van der Waals surface area contributed by atoms with Gasteiger partial charge < -0.3 is 12.4 Å². The van der Waals surface area contributed by atoms with Crippen molar-refractivity contribution in [3.05, 3.63) is 0 Å². The van der Waals surface area contributed by atoms with Crippen molar-refractivity contribution in [2.75, 3.05) is 0 Å². The Morgan fingerprint density at radius 1 is 1.25 bits per heavy atom. The molecule has 0 aromatic carbocycles. The Morgan fingerprint density at radius 2 is 1.62 bits per heavy atom. The average molecular weight is 198 g/mol. The summed E-state index contributed by atoms with van der Waals surface area (Å²) in [6, 6.07) is 0. The molecule has 0 heterocycles. The molecule has 0 aromatic rings. The first-order valence-corrected chi connectivity index (χ1v) is 7.34. The molecular weight excluding hydrogens is 189 g/mol. The second-order valence-corrected chi connectivity index (χ2v) is 8.04. The monoisotopic (exact) mass is 196 g/mol. The van der Waals surface area contributed by atoms with E-state index in [2.05, 4.69) is 29.7 Å². The molecule has 0 atom stereocenters. The van der Waals surface area contributed by atoms with Crippen LogP contribution in [0.4, 0.5) is 0 Å². The first-order chi connectivity index (χ1) is 3.06. The van der Waals surface area contributed by atoms with Crippen molar-refractivity contribution in [1.29, 1.82) is 0 Å². The zero-order valence-corrected chi connectivity index (χ0v) is 10.3. The van der Waals surface area contributed by atoms with Gasteiger partial charge in [0, 0.05) is 0 Å². The van der Waals surface area contributed by atoms with Gasteiger partial charge in [0.15, 0.2) is 0 Å². The van der Waals surface area contributed by atoms with E-state index in [1.807, 2.05) is 0 Å². The minimum Gasteiger partial charge on any atom is -1.00 e. The number of rotatable bonds is 0. The molecule has 0 saturated heterocycles. The Bertz CT molecular complexity index is 106. The van der Waals surface area contributed by atoms with E-state index >= 15 is 0 Å². The van der Waals surface area contributed by atoms with E-state index in [1.54, 1.807) is 0 Å². The summed E-state index contributed by atoms with van der Waals surface area (Å²) in [6.45, 7) is 6.78. The summed E-state index contributed by atoms with van der Waals surface area (Å²) in [4.78, 5) is 0. The van der Waals surface area contributed by atoms with Crippen LogP contribution in [0, 0.1) is 10.1 Å². The fourth-order valence-corrected chi connectivity index (χ4v) is 4.13. The number of hydrogen-bond donors (Lipinski definition) is 0. The molecule has 8 heavy (non-hydrogen) atoms. The van der Waals surface area contributed by atoms with Gasteiger partial charge in [0.05, 0.1) is 0 Å². The van der Waals surface area contributed by atoms with Gasteiger partial charge in [-0.25, -0.2) is 0 Å². The standard InChI is InChI=1S/C5H9Si.ClH.Zn/c1-5-6(2,3)4;;/h2-4H3;1H;/q;;+1/p-1. The van der Waals surface area contributed by atoms with E-state index in [1.165, 1.54) is 0 Å². The van der Waals surface area contributed by atoms with Gasteiger partial charge in [-0.3, -0.25) is 0 Å². The molecule has 0 radical (unpaired) electrons. The van der Waals surface area contributed by atoms with Gasteiger partial charge in [-0.05, 0) is 0 Å². The number of hydrogen-bond acceptors (Lipinski definition) is 0. The largest absolute Gasteiger partial charge is 1.00 e. The van der Waals surface area contributed by atoms with Crippen molar-refractivity contribution < 1.29 is 30.7 Å². The normalized spacial score (nSPS) is 8.62. The summed E-state index contributed by atoms with van der Waals surface area (Å²) in [5.41, 5.74) is 3.23. The van der Waals surface area contributed by atoms with Crippen molar-refractivity contribution in [3.8, 4) is 10.1 Å². The number of halogens is 1. The molecule has 0 fully saturated rings. The van der Waals surface area contributed by atoms with Gasteiger partial charge >= 0.3 is 56.1 Å². The Hall–Kier alpha value is 0.690. The van der Waals surface area contributed by atoms with Crippen molar-refractivity contribution in [2.24, 2.45) is 0 Å². The summed E-state index contributed by atoms with van der Waals surface area (Å²) in [5.74, 6) is 0. The van der Waals surface area contributed by atoms with Crippen LogP contribution in [-0.4, -0.2) is 8.07 Å². The average Bonchev–Trinajstić information content (AvgIpc) is 1.30. The molecule has 0 rings (SSSR count). The van der Waals surface area contributed by atoms with Crippen LogP contribution >= 0.6 is 0 Å². The predicted molar refractivity (Wildman–Crippen MR) is 31.1 cm³/mol. The van der Waals surface area contributed by atoms with Crippen molar-refractivity contribution >= 4 is 8.07 Å². The molecule has 0 N–H and O–H groups in total. The smallest absolute Gasteiger partial charge is 1.00 e. The van der Waals surface area contributed by atoms with Gasteiger partial charge in [-0.2, -0.15) is 0 Å². The summed E-state index contributed by atoms with van der Waals surface area (Å²) >= 11 is 1.13. The maximum atomic E-state index is 3.23. The van der Waals surface area contributed by atoms with Crippen LogP contribution in [0.2, 0.25) is 19.6 Å².